The Morgan fingerprint density at radius 1 is 1.03 bits per heavy atom. The molecule has 31 heavy (non-hydrogen) atoms. The Bertz CT molecular complexity index is 1130. The van der Waals surface area contributed by atoms with Crippen LogP contribution in [0.1, 0.15) is 27.8 Å². The van der Waals surface area contributed by atoms with Crippen molar-refractivity contribution in [1.29, 1.82) is 0 Å². The molecule has 7 heteroatoms. The first-order valence-corrected chi connectivity index (χ1v) is 9.79. The second kappa shape index (κ2) is 9.75. The first-order chi connectivity index (χ1) is 14.9. The van der Waals surface area contributed by atoms with Gasteiger partial charge in [0.1, 0.15) is 6.61 Å². The Kier molecular flexibility index (Phi) is 6.87. The van der Waals surface area contributed by atoms with Crippen LogP contribution >= 0.6 is 0 Å². The molecule has 0 saturated heterocycles. The van der Waals surface area contributed by atoms with E-state index in [2.05, 4.69) is 10.5 Å². The molecule has 0 atom stereocenters. The highest BCUT2D eigenvalue weighted by Gasteiger charge is 2.22. The molecule has 7 nitrogen and oxygen atoms in total. The molecule has 0 amide bonds. The first-order valence-electron chi connectivity index (χ1n) is 9.79. The normalized spacial score (nSPS) is 10.8. The van der Waals surface area contributed by atoms with Crippen molar-refractivity contribution in [3.8, 4) is 11.5 Å². The van der Waals surface area contributed by atoms with Gasteiger partial charge < -0.3 is 9.47 Å². The summed E-state index contributed by atoms with van der Waals surface area (Å²) in [6.45, 7) is 6.22. The van der Waals surface area contributed by atoms with Crippen LogP contribution in [0.3, 0.4) is 0 Å². The van der Waals surface area contributed by atoms with Gasteiger partial charge in [0, 0.05) is 11.6 Å². The SMILES string of the molecule is COc1cc(/C=N/Nc2ccc(C)c(C)c2)cc([N+](=O)[O-])c1OCc1ccccc1C. The summed E-state index contributed by atoms with van der Waals surface area (Å²) in [4.78, 5) is 11.2. The molecule has 0 heterocycles. The van der Waals surface area contributed by atoms with Gasteiger partial charge in [0.05, 0.1) is 23.9 Å². The maximum absolute atomic E-state index is 11.7. The number of benzene rings is 3. The van der Waals surface area contributed by atoms with Gasteiger partial charge >= 0.3 is 5.69 Å². The summed E-state index contributed by atoms with van der Waals surface area (Å²) in [5.74, 6) is 0.366. The number of methoxy groups -OCH3 is 1. The van der Waals surface area contributed by atoms with Crippen molar-refractivity contribution in [2.24, 2.45) is 5.10 Å². The molecule has 0 spiro atoms. The first kappa shape index (κ1) is 21.8. The third-order valence-electron chi connectivity index (χ3n) is 5.02. The molecule has 3 aromatic rings. The van der Waals surface area contributed by atoms with E-state index in [1.165, 1.54) is 25.0 Å². The number of aryl methyl sites for hydroxylation is 3. The van der Waals surface area contributed by atoms with Crippen LogP contribution in [0, 0.1) is 30.9 Å². The van der Waals surface area contributed by atoms with Crippen LogP contribution in [0.2, 0.25) is 0 Å². The second-order valence-electron chi connectivity index (χ2n) is 7.21. The Morgan fingerprint density at radius 3 is 2.48 bits per heavy atom. The average molecular weight is 419 g/mol. The highest BCUT2D eigenvalue weighted by molar-refractivity contribution is 5.83. The van der Waals surface area contributed by atoms with Crippen LogP contribution < -0.4 is 14.9 Å². The molecular formula is C24H25N3O4. The number of ether oxygens (including phenoxy) is 2. The van der Waals surface area contributed by atoms with Gasteiger partial charge in [-0.15, -0.1) is 0 Å². The van der Waals surface area contributed by atoms with Gasteiger partial charge in [-0.05, 0) is 61.2 Å². The monoisotopic (exact) mass is 419 g/mol. The lowest BCUT2D eigenvalue weighted by Gasteiger charge is -2.13. The standard InChI is InChI=1S/C24H25N3O4/c1-16-9-10-21(11-18(16)3)26-25-14-19-12-22(27(28)29)24(23(13-19)30-4)31-15-20-8-6-5-7-17(20)2/h5-14,26H,15H2,1-4H3/b25-14+. The molecule has 0 fully saturated rings. The molecule has 3 aromatic carbocycles. The number of nitro benzene ring substituents is 1. The van der Waals surface area contributed by atoms with E-state index in [1.807, 2.05) is 63.2 Å². The van der Waals surface area contributed by atoms with Crippen molar-refractivity contribution < 1.29 is 14.4 Å². The maximum atomic E-state index is 11.7. The molecule has 0 radical (unpaired) electrons. The molecule has 0 aliphatic heterocycles. The summed E-state index contributed by atoms with van der Waals surface area (Å²) in [6.07, 6.45) is 1.51. The average Bonchev–Trinajstić information content (AvgIpc) is 2.75. The molecule has 0 unspecified atom stereocenters. The lowest BCUT2D eigenvalue weighted by Crippen LogP contribution is -2.04. The van der Waals surface area contributed by atoms with E-state index in [-0.39, 0.29) is 23.8 Å². The van der Waals surface area contributed by atoms with Crippen molar-refractivity contribution in [2.75, 3.05) is 12.5 Å². The van der Waals surface area contributed by atoms with Crippen LogP contribution in [-0.2, 0) is 6.61 Å². The molecule has 1 N–H and O–H groups in total. The van der Waals surface area contributed by atoms with E-state index in [9.17, 15) is 10.1 Å². The van der Waals surface area contributed by atoms with Gasteiger partial charge in [0.25, 0.3) is 0 Å². The van der Waals surface area contributed by atoms with E-state index < -0.39 is 4.92 Å². The Hall–Kier alpha value is -3.87. The predicted octanol–water partition coefficient (Wildman–Crippen LogP) is 5.55. The molecule has 0 aromatic heterocycles. The van der Waals surface area contributed by atoms with Crippen LogP contribution in [-0.4, -0.2) is 18.2 Å². The van der Waals surface area contributed by atoms with Crippen molar-refractivity contribution in [1.82, 2.24) is 0 Å². The van der Waals surface area contributed by atoms with Gasteiger partial charge in [-0.2, -0.15) is 5.10 Å². The molecule has 3 rings (SSSR count). The minimum atomic E-state index is -0.482. The highest BCUT2D eigenvalue weighted by atomic mass is 16.6. The number of nitrogens with one attached hydrogen (secondary N) is 1. The number of hydrogen-bond acceptors (Lipinski definition) is 6. The van der Waals surface area contributed by atoms with E-state index in [4.69, 9.17) is 9.47 Å². The molecule has 0 saturated carbocycles. The molecule has 160 valence electrons. The fourth-order valence-corrected chi connectivity index (χ4v) is 3.03. The van der Waals surface area contributed by atoms with Crippen molar-refractivity contribution in [3.63, 3.8) is 0 Å². The van der Waals surface area contributed by atoms with Gasteiger partial charge in [-0.25, -0.2) is 0 Å². The zero-order valence-corrected chi connectivity index (χ0v) is 18.0. The summed E-state index contributed by atoms with van der Waals surface area (Å²) in [7, 11) is 1.45. The number of nitrogens with zero attached hydrogens (tertiary/aromatic N) is 2. The van der Waals surface area contributed by atoms with Crippen LogP contribution in [0.4, 0.5) is 11.4 Å². The van der Waals surface area contributed by atoms with Crippen LogP contribution in [0.5, 0.6) is 11.5 Å². The molecule has 0 aliphatic rings. The quantitative estimate of drug-likeness (QED) is 0.294. The molecule has 0 aliphatic carbocycles. The third kappa shape index (κ3) is 5.39. The largest absolute Gasteiger partial charge is 0.493 e. The summed E-state index contributed by atoms with van der Waals surface area (Å²) < 4.78 is 11.2. The number of anilines is 1. The minimum absolute atomic E-state index is 0.0926. The van der Waals surface area contributed by atoms with Crippen LogP contribution in [0.15, 0.2) is 59.7 Å². The molecule has 0 bridgehead atoms. The predicted molar refractivity (Wildman–Crippen MR) is 122 cm³/mol. The summed E-state index contributed by atoms with van der Waals surface area (Å²) in [5.41, 5.74) is 8.44. The summed E-state index contributed by atoms with van der Waals surface area (Å²) in [5, 5.41) is 15.9. The molecular weight excluding hydrogens is 394 g/mol. The fourth-order valence-electron chi connectivity index (χ4n) is 3.03. The van der Waals surface area contributed by atoms with E-state index in [1.54, 1.807) is 6.07 Å². The zero-order chi connectivity index (χ0) is 22.4. The smallest absolute Gasteiger partial charge is 0.315 e. The Labute approximate surface area is 181 Å². The van der Waals surface area contributed by atoms with Crippen molar-refractivity contribution >= 4 is 17.6 Å². The number of rotatable bonds is 8. The third-order valence-corrected chi connectivity index (χ3v) is 5.02. The number of hydrazone groups is 1. The lowest BCUT2D eigenvalue weighted by atomic mass is 10.1. The number of nitro groups is 1. The zero-order valence-electron chi connectivity index (χ0n) is 18.0. The minimum Gasteiger partial charge on any atom is -0.493 e. The fraction of sp³-hybridized carbons (Fsp3) is 0.208. The highest BCUT2D eigenvalue weighted by Crippen LogP contribution is 2.38. The number of hydrogen-bond donors (Lipinski definition) is 1. The van der Waals surface area contributed by atoms with Crippen LogP contribution in [0.25, 0.3) is 0 Å². The second-order valence-corrected chi connectivity index (χ2v) is 7.21. The topological polar surface area (TPSA) is 86.0 Å². The van der Waals surface area contributed by atoms with E-state index in [0.717, 1.165) is 22.4 Å². The van der Waals surface area contributed by atoms with E-state index in [0.29, 0.717) is 5.56 Å². The van der Waals surface area contributed by atoms with Gasteiger partial charge in [0.15, 0.2) is 5.75 Å². The van der Waals surface area contributed by atoms with Gasteiger partial charge in [0.2, 0.25) is 5.75 Å². The summed E-state index contributed by atoms with van der Waals surface area (Å²) >= 11 is 0. The van der Waals surface area contributed by atoms with Gasteiger partial charge in [-0.1, -0.05) is 30.3 Å². The van der Waals surface area contributed by atoms with E-state index >= 15 is 0 Å². The Balaban J connectivity index is 1.84. The summed E-state index contributed by atoms with van der Waals surface area (Å²) in [6, 6.07) is 16.7. The lowest BCUT2D eigenvalue weighted by molar-refractivity contribution is -0.386. The van der Waals surface area contributed by atoms with Crippen molar-refractivity contribution in [3.05, 3.63) is 92.5 Å². The maximum Gasteiger partial charge on any atom is 0.315 e. The Morgan fingerprint density at radius 2 is 1.81 bits per heavy atom. The van der Waals surface area contributed by atoms with Crippen molar-refractivity contribution in [2.45, 2.75) is 27.4 Å². The van der Waals surface area contributed by atoms with Gasteiger partial charge in [-0.3, -0.25) is 15.5 Å².